The summed E-state index contributed by atoms with van der Waals surface area (Å²) in [6, 6.07) is 3.83. The summed E-state index contributed by atoms with van der Waals surface area (Å²) in [5, 5.41) is 2.97. The number of rotatable bonds is 9. The van der Waals surface area contributed by atoms with Crippen LogP contribution in [0.4, 0.5) is 0 Å². The molecule has 22 heavy (non-hydrogen) atoms. The van der Waals surface area contributed by atoms with Crippen LogP contribution in [-0.4, -0.2) is 45.1 Å². The molecule has 4 nitrogen and oxygen atoms in total. The minimum absolute atomic E-state index is 0.0524. The molecule has 0 bridgehead atoms. The largest absolute Gasteiger partial charge is 0.494 e. The molecule has 0 saturated carbocycles. The zero-order chi connectivity index (χ0) is 16.5. The number of nitrogens with one attached hydrogen (secondary N) is 1. The Labute approximate surface area is 149 Å². The average molecular weight is 436 g/mol. The summed E-state index contributed by atoms with van der Waals surface area (Å²) in [4.78, 5) is 14.1. The summed E-state index contributed by atoms with van der Waals surface area (Å²) in [6.07, 6.45) is 3.70. The summed E-state index contributed by atoms with van der Waals surface area (Å²) in [5.41, 5.74) is 0.949. The van der Waals surface area contributed by atoms with Crippen LogP contribution in [0.5, 0.6) is 5.75 Å². The van der Waals surface area contributed by atoms with Gasteiger partial charge in [-0.15, -0.1) is 0 Å². The molecule has 0 aromatic heterocycles. The fourth-order valence-electron chi connectivity index (χ4n) is 2.11. The second-order valence-electron chi connectivity index (χ2n) is 5.48. The first-order valence-corrected chi connectivity index (χ1v) is 8.96. The highest BCUT2D eigenvalue weighted by atomic mass is 79.9. The summed E-state index contributed by atoms with van der Waals surface area (Å²) in [7, 11) is 5.77. The van der Waals surface area contributed by atoms with E-state index in [-0.39, 0.29) is 5.91 Å². The van der Waals surface area contributed by atoms with Crippen molar-refractivity contribution in [1.82, 2.24) is 10.2 Å². The van der Waals surface area contributed by atoms with Gasteiger partial charge in [0.2, 0.25) is 5.91 Å². The molecule has 0 heterocycles. The summed E-state index contributed by atoms with van der Waals surface area (Å²) in [5.74, 6) is 0.793. The molecule has 0 fully saturated rings. The third-order valence-corrected chi connectivity index (χ3v) is 4.41. The molecule has 6 heteroatoms. The smallest absolute Gasteiger partial charge is 0.224 e. The van der Waals surface area contributed by atoms with Crippen molar-refractivity contribution in [3.05, 3.63) is 26.6 Å². The van der Waals surface area contributed by atoms with Crippen LogP contribution in [0.3, 0.4) is 0 Å². The lowest BCUT2D eigenvalue weighted by atomic mass is 10.1. The Bertz CT molecular complexity index is 470. The van der Waals surface area contributed by atoms with E-state index >= 15 is 0 Å². The molecule has 1 rings (SSSR count). The Hall–Kier alpha value is -0.590. The molecule has 0 atom stereocenters. The second kappa shape index (κ2) is 10.2. The number of ether oxygens (including phenoxy) is 1. The molecule has 0 aliphatic heterocycles. The van der Waals surface area contributed by atoms with Crippen LogP contribution in [0.25, 0.3) is 0 Å². The Morgan fingerprint density at radius 1 is 1.18 bits per heavy atom. The molecule has 124 valence electrons. The molecule has 1 amide bonds. The van der Waals surface area contributed by atoms with E-state index in [1.807, 2.05) is 12.1 Å². The van der Waals surface area contributed by atoms with Gasteiger partial charge in [-0.25, -0.2) is 0 Å². The predicted molar refractivity (Wildman–Crippen MR) is 97.5 cm³/mol. The number of amides is 1. The van der Waals surface area contributed by atoms with Gasteiger partial charge in [-0.2, -0.15) is 0 Å². The summed E-state index contributed by atoms with van der Waals surface area (Å²) >= 11 is 6.90. The Kier molecular flexibility index (Phi) is 9.05. The van der Waals surface area contributed by atoms with Gasteiger partial charge in [-0.3, -0.25) is 4.79 Å². The van der Waals surface area contributed by atoms with Gasteiger partial charge in [0.25, 0.3) is 0 Å². The standard InChI is InChI=1S/C16H24Br2N2O2/c1-20(2)8-6-4-5-7-19-15(21)11-12-9-13(17)16(22-3)14(18)10-12/h9-10H,4-8,11H2,1-3H3,(H,19,21). The third kappa shape index (κ3) is 7.11. The van der Waals surface area contributed by atoms with Crippen molar-refractivity contribution >= 4 is 37.8 Å². The second-order valence-corrected chi connectivity index (χ2v) is 7.19. The maximum Gasteiger partial charge on any atom is 0.224 e. The normalized spacial score (nSPS) is 10.8. The Balaban J connectivity index is 2.33. The topological polar surface area (TPSA) is 41.6 Å². The first kappa shape index (κ1) is 19.5. The maximum atomic E-state index is 11.9. The van der Waals surface area contributed by atoms with Gasteiger partial charge in [0.15, 0.2) is 0 Å². The molecule has 0 saturated heterocycles. The molecular formula is C16H24Br2N2O2. The first-order chi connectivity index (χ1) is 10.4. The molecule has 1 aromatic carbocycles. The van der Waals surface area contributed by atoms with Gasteiger partial charge in [0, 0.05) is 6.54 Å². The zero-order valence-electron chi connectivity index (χ0n) is 13.4. The number of carbonyl (C=O) groups excluding carboxylic acids is 1. The van der Waals surface area contributed by atoms with Crippen molar-refractivity contribution in [2.75, 3.05) is 34.3 Å². The molecule has 0 spiro atoms. The van der Waals surface area contributed by atoms with Gasteiger partial charge in [-0.1, -0.05) is 6.42 Å². The van der Waals surface area contributed by atoms with E-state index in [1.165, 1.54) is 6.42 Å². The molecule has 0 aliphatic carbocycles. The van der Waals surface area contributed by atoms with Gasteiger partial charge in [0.1, 0.15) is 5.75 Å². The summed E-state index contributed by atoms with van der Waals surface area (Å²) < 4.78 is 6.94. The fourth-order valence-corrected chi connectivity index (χ4v) is 3.72. The van der Waals surface area contributed by atoms with Crippen molar-refractivity contribution in [2.45, 2.75) is 25.7 Å². The van der Waals surface area contributed by atoms with Crippen molar-refractivity contribution in [2.24, 2.45) is 0 Å². The minimum Gasteiger partial charge on any atom is -0.494 e. The maximum absolute atomic E-state index is 11.9. The molecule has 0 unspecified atom stereocenters. The number of hydrogen-bond donors (Lipinski definition) is 1. The van der Waals surface area contributed by atoms with Gasteiger partial charge in [-0.05, 0) is 83.0 Å². The summed E-state index contributed by atoms with van der Waals surface area (Å²) in [6.45, 7) is 1.84. The van der Waals surface area contributed by atoms with E-state index in [0.717, 1.165) is 46.2 Å². The van der Waals surface area contributed by atoms with Crippen LogP contribution in [0.15, 0.2) is 21.1 Å². The van der Waals surface area contributed by atoms with Crippen molar-refractivity contribution in [1.29, 1.82) is 0 Å². The van der Waals surface area contributed by atoms with Gasteiger partial charge < -0.3 is 15.0 Å². The monoisotopic (exact) mass is 434 g/mol. The van der Waals surface area contributed by atoms with Gasteiger partial charge in [0.05, 0.1) is 22.5 Å². The van der Waals surface area contributed by atoms with E-state index in [0.29, 0.717) is 6.42 Å². The van der Waals surface area contributed by atoms with Crippen molar-refractivity contribution in [3.63, 3.8) is 0 Å². The first-order valence-electron chi connectivity index (χ1n) is 7.37. The SMILES string of the molecule is COc1c(Br)cc(CC(=O)NCCCCCN(C)C)cc1Br. The quantitative estimate of drug-likeness (QED) is 0.602. The van der Waals surface area contributed by atoms with Gasteiger partial charge >= 0.3 is 0 Å². The number of nitrogens with zero attached hydrogens (tertiary/aromatic N) is 1. The molecular weight excluding hydrogens is 412 g/mol. The lowest BCUT2D eigenvalue weighted by Gasteiger charge is -2.10. The molecule has 0 aliphatic rings. The van der Waals surface area contributed by atoms with E-state index in [4.69, 9.17) is 4.74 Å². The number of methoxy groups -OCH3 is 1. The highest BCUT2D eigenvalue weighted by Gasteiger charge is 2.10. The van der Waals surface area contributed by atoms with Crippen molar-refractivity contribution < 1.29 is 9.53 Å². The number of unbranched alkanes of at least 4 members (excludes halogenated alkanes) is 2. The van der Waals surface area contributed by atoms with Crippen LogP contribution in [0, 0.1) is 0 Å². The zero-order valence-corrected chi connectivity index (χ0v) is 16.6. The predicted octanol–water partition coefficient (Wildman–Crippen LogP) is 3.61. The van der Waals surface area contributed by atoms with Crippen LogP contribution in [-0.2, 0) is 11.2 Å². The average Bonchev–Trinajstić information content (AvgIpc) is 2.42. The minimum atomic E-state index is 0.0524. The lowest BCUT2D eigenvalue weighted by Crippen LogP contribution is -2.26. The Morgan fingerprint density at radius 2 is 1.82 bits per heavy atom. The number of hydrogen-bond acceptors (Lipinski definition) is 3. The van der Waals surface area contributed by atoms with E-state index < -0.39 is 0 Å². The molecule has 1 N–H and O–H groups in total. The van der Waals surface area contributed by atoms with Crippen LogP contribution in [0.2, 0.25) is 0 Å². The highest BCUT2D eigenvalue weighted by Crippen LogP contribution is 2.34. The number of benzene rings is 1. The van der Waals surface area contributed by atoms with E-state index in [2.05, 4.69) is 56.2 Å². The van der Waals surface area contributed by atoms with Crippen LogP contribution >= 0.6 is 31.9 Å². The van der Waals surface area contributed by atoms with Crippen LogP contribution in [0.1, 0.15) is 24.8 Å². The Morgan fingerprint density at radius 3 is 2.36 bits per heavy atom. The number of carbonyl (C=O) groups is 1. The lowest BCUT2D eigenvalue weighted by molar-refractivity contribution is -0.120. The molecule has 1 aromatic rings. The highest BCUT2D eigenvalue weighted by molar-refractivity contribution is 9.11. The third-order valence-electron chi connectivity index (χ3n) is 3.23. The fraction of sp³-hybridized carbons (Fsp3) is 0.562. The van der Waals surface area contributed by atoms with E-state index in [9.17, 15) is 4.79 Å². The number of halogens is 2. The van der Waals surface area contributed by atoms with Crippen LogP contribution < -0.4 is 10.1 Å². The van der Waals surface area contributed by atoms with Crippen molar-refractivity contribution in [3.8, 4) is 5.75 Å². The molecule has 0 radical (unpaired) electrons. The van der Waals surface area contributed by atoms with E-state index in [1.54, 1.807) is 7.11 Å².